The monoisotopic (exact) mass is 724 g/mol. The Morgan fingerprint density at radius 2 is 0.686 bits per heavy atom. The Labute approximate surface area is 236 Å². The molecule has 4 aromatic carbocycles. The van der Waals surface area contributed by atoms with Crippen LogP contribution in [0.1, 0.15) is 33.4 Å². The first-order chi connectivity index (χ1) is 16.6. The average molecular weight is 728 g/mol. The summed E-state index contributed by atoms with van der Waals surface area (Å²) < 4.78 is 3.23. The lowest BCUT2D eigenvalue weighted by atomic mass is 9.94. The highest BCUT2D eigenvalue weighted by atomic mass is 79.9. The molecule has 0 aromatic heterocycles. The lowest BCUT2D eigenvalue weighted by Crippen LogP contribution is -1.98. The zero-order valence-corrected chi connectivity index (χ0v) is 24.5. The van der Waals surface area contributed by atoms with Crippen LogP contribution in [-0.2, 0) is 19.3 Å². The molecule has 0 atom stereocenters. The highest BCUT2D eigenvalue weighted by Gasteiger charge is 2.17. The zero-order valence-electron chi connectivity index (χ0n) is 18.2. The van der Waals surface area contributed by atoms with E-state index in [1.807, 2.05) is 36.4 Å². The van der Waals surface area contributed by atoms with Gasteiger partial charge in [-0.3, -0.25) is 0 Å². The van der Waals surface area contributed by atoms with E-state index in [-0.39, 0.29) is 29.4 Å². The molecule has 180 valence electrons. The van der Waals surface area contributed by atoms with Gasteiger partial charge in [0.1, 0.15) is 23.0 Å². The number of phenols is 4. The van der Waals surface area contributed by atoms with Crippen molar-refractivity contribution in [2.75, 3.05) is 0 Å². The summed E-state index contributed by atoms with van der Waals surface area (Å²) >= 11 is 13.9. The zero-order chi connectivity index (χ0) is 25.3. The minimum absolute atomic E-state index is 0.109. The summed E-state index contributed by atoms with van der Waals surface area (Å²) in [6, 6.07) is 17.7. The Kier molecular flexibility index (Phi) is 8.16. The van der Waals surface area contributed by atoms with Gasteiger partial charge in [-0.15, -0.1) is 0 Å². The SMILES string of the molecule is Oc1ccc(Br)cc1Cc1cc(Br)cc(Cc2cc(Br)cc(Cc3cc(Br)ccc3O)c2O)c1O. The topological polar surface area (TPSA) is 80.9 Å². The Hall–Kier alpha value is -2.00. The third-order valence-electron chi connectivity index (χ3n) is 5.69. The summed E-state index contributed by atoms with van der Waals surface area (Å²) in [5.74, 6) is 0.523. The third-order valence-corrected chi connectivity index (χ3v) is 7.59. The van der Waals surface area contributed by atoms with Crippen LogP contribution < -0.4 is 0 Å². The van der Waals surface area contributed by atoms with Gasteiger partial charge < -0.3 is 20.4 Å². The maximum Gasteiger partial charge on any atom is 0.122 e. The average Bonchev–Trinajstić information content (AvgIpc) is 2.79. The minimum atomic E-state index is 0.109. The van der Waals surface area contributed by atoms with Gasteiger partial charge in [-0.05, 0) is 94.0 Å². The van der Waals surface area contributed by atoms with Gasteiger partial charge in [0.05, 0.1) is 0 Å². The van der Waals surface area contributed by atoms with Gasteiger partial charge in [0.2, 0.25) is 0 Å². The number of rotatable bonds is 6. The van der Waals surface area contributed by atoms with Gasteiger partial charge in [0, 0.05) is 37.2 Å². The van der Waals surface area contributed by atoms with E-state index in [2.05, 4.69) is 63.7 Å². The lowest BCUT2D eigenvalue weighted by molar-refractivity contribution is 0.454. The van der Waals surface area contributed by atoms with Crippen molar-refractivity contribution in [1.29, 1.82) is 0 Å². The van der Waals surface area contributed by atoms with Crippen molar-refractivity contribution >= 4 is 63.7 Å². The van der Waals surface area contributed by atoms with Crippen molar-refractivity contribution < 1.29 is 20.4 Å². The van der Waals surface area contributed by atoms with Crippen LogP contribution in [0.2, 0.25) is 0 Å². The molecule has 0 unspecified atom stereocenters. The molecule has 35 heavy (non-hydrogen) atoms. The Bertz CT molecular complexity index is 1310. The first-order valence-corrected chi connectivity index (χ1v) is 13.7. The lowest BCUT2D eigenvalue weighted by Gasteiger charge is -2.15. The number of benzene rings is 4. The molecule has 8 heteroatoms. The van der Waals surface area contributed by atoms with E-state index in [1.165, 1.54) is 0 Å². The molecule has 0 radical (unpaired) electrons. The molecule has 0 aliphatic rings. The van der Waals surface area contributed by atoms with Gasteiger partial charge in [-0.2, -0.15) is 0 Å². The van der Waals surface area contributed by atoms with Crippen molar-refractivity contribution in [2.24, 2.45) is 0 Å². The quantitative estimate of drug-likeness (QED) is 0.161. The van der Waals surface area contributed by atoms with Gasteiger partial charge in [0.25, 0.3) is 0 Å². The molecule has 0 amide bonds. The van der Waals surface area contributed by atoms with Gasteiger partial charge in [-0.25, -0.2) is 0 Å². The Morgan fingerprint density at radius 1 is 0.400 bits per heavy atom. The molecule has 0 heterocycles. The second kappa shape index (κ2) is 10.9. The number of phenolic OH excluding ortho intramolecular Hbond substituents is 4. The van der Waals surface area contributed by atoms with Crippen LogP contribution in [0.25, 0.3) is 0 Å². The van der Waals surface area contributed by atoms with E-state index >= 15 is 0 Å². The molecule has 0 aliphatic heterocycles. The number of aromatic hydroxyl groups is 4. The molecular weight excluding hydrogens is 708 g/mol. The summed E-state index contributed by atoms with van der Waals surface area (Å²) in [5.41, 5.74) is 3.93. The first kappa shape index (κ1) is 26.1. The number of hydrogen-bond acceptors (Lipinski definition) is 4. The largest absolute Gasteiger partial charge is 0.508 e. The molecule has 4 aromatic rings. The molecule has 0 saturated heterocycles. The Morgan fingerprint density at radius 3 is 1.03 bits per heavy atom. The molecule has 4 N–H and O–H groups in total. The first-order valence-electron chi connectivity index (χ1n) is 10.6. The molecular formula is C27H20Br4O4. The standard InChI is InChI=1S/C27H20Br4O4/c28-20-1-3-24(32)14(8-20)5-16-10-22(30)12-18(26(16)34)7-19-13-23(31)11-17(27(19)35)6-15-9-21(29)2-4-25(15)33/h1-4,8-13,32-35H,5-7H2. The van der Waals surface area contributed by atoms with Gasteiger partial charge in [-0.1, -0.05) is 63.7 Å². The molecule has 0 fully saturated rings. The molecule has 0 aliphatic carbocycles. The van der Waals surface area contributed by atoms with Crippen LogP contribution in [0, 0.1) is 0 Å². The van der Waals surface area contributed by atoms with Gasteiger partial charge in [0.15, 0.2) is 0 Å². The Balaban J connectivity index is 1.68. The summed E-state index contributed by atoms with van der Waals surface area (Å²) in [5, 5.41) is 42.6. The van der Waals surface area contributed by atoms with Crippen LogP contribution in [0.3, 0.4) is 0 Å². The van der Waals surface area contributed by atoms with Crippen LogP contribution in [0.5, 0.6) is 23.0 Å². The highest BCUT2D eigenvalue weighted by Crippen LogP contribution is 2.37. The normalized spacial score (nSPS) is 11.1. The predicted octanol–water partition coefficient (Wildman–Crippen LogP) is 8.33. The maximum atomic E-state index is 11.1. The van der Waals surface area contributed by atoms with Crippen molar-refractivity contribution in [3.05, 3.63) is 112 Å². The highest BCUT2D eigenvalue weighted by molar-refractivity contribution is 9.11. The summed E-state index contributed by atoms with van der Waals surface area (Å²) in [4.78, 5) is 0. The molecule has 4 nitrogen and oxygen atoms in total. The van der Waals surface area contributed by atoms with Crippen LogP contribution in [0.4, 0.5) is 0 Å². The fourth-order valence-electron chi connectivity index (χ4n) is 3.98. The molecule has 4 rings (SSSR count). The molecule has 0 saturated carbocycles. The van der Waals surface area contributed by atoms with Crippen molar-refractivity contribution in [3.63, 3.8) is 0 Å². The van der Waals surface area contributed by atoms with Crippen molar-refractivity contribution in [3.8, 4) is 23.0 Å². The smallest absolute Gasteiger partial charge is 0.122 e. The number of hydrogen-bond donors (Lipinski definition) is 4. The summed E-state index contributed by atoms with van der Waals surface area (Å²) in [6.07, 6.45) is 0.953. The van der Waals surface area contributed by atoms with Crippen LogP contribution in [0.15, 0.2) is 78.6 Å². The number of halogens is 4. The fraction of sp³-hybridized carbons (Fsp3) is 0.111. The second-order valence-corrected chi connectivity index (χ2v) is 11.9. The summed E-state index contributed by atoms with van der Waals surface area (Å²) in [6.45, 7) is 0. The predicted molar refractivity (Wildman–Crippen MR) is 152 cm³/mol. The third kappa shape index (κ3) is 6.23. The maximum absolute atomic E-state index is 11.1. The molecule has 0 bridgehead atoms. The van der Waals surface area contributed by atoms with Crippen molar-refractivity contribution in [2.45, 2.75) is 19.3 Å². The minimum Gasteiger partial charge on any atom is -0.508 e. The molecule has 0 spiro atoms. The van der Waals surface area contributed by atoms with E-state index in [9.17, 15) is 20.4 Å². The second-order valence-electron chi connectivity index (χ2n) is 8.22. The van der Waals surface area contributed by atoms with E-state index in [1.54, 1.807) is 24.3 Å². The van der Waals surface area contributed by atoms with E-state index in [4.69, 9.17) is 0 Å². The van der Waals surface area contributed by atoms with Crippen LogP contribution >= 0.6 is 63.7 Å². The van der Waals surface area contributed by atoms with E-state index in [0.29, 0.717) is 46.2 Å². The van der Waals surface area contributed by atoms with Gasteiger partial charge >= 0.3 is 0 Å². The van der Waals surface area contributed by atoms with E-state index < -0.39 is 0 Å². The van der Waals surface area contributed by atoms with Crippen LogP contribution in [-0.4, -0.2) is 20.4 Å². The fourth-order valence-corrected chi connectivity index (χ4v) is 5.90. The van der Waals surface area contributed by atoms with Crippen molar-refractivity contribution in [1.82, 2.24) is 0 Å². The van der Waals surface area contributed by atoms with E-state index in [0.717, 1.165) is 17.9 Å². The summed E-state index contributed by atoms with van der Waals surface area (Å²) in [7, 11) is 0.